The Labute approximate surface area is 139 Å². The Balaban J connectivity index is 2.21. The van der Waals surface area contributed by atoms with Gasteiger partial charge in [-0.05, 0) is 68.9 Å². The SMILES string of the molecule is CCN(C1CCCCC1)C(CN)c1ccc(Br)c(Br)c1. The van der Waals surface area contributed by atoms with Crippen molar-refractivity contribution in [1.82, 2.24) is 4.90 Å². The first kappa shape index (κ1) is 16.5. The smallest absolute Gasteiger partial charge is 0.0473 e. The number of nitrogens with zero attached hydrogens (tertiary/aromatic N) is 1. The van der Waals surface area contributed by atoms with Gasteiger partial charge in [-0.25, -0.2) is 0 Å². The summed E-state index contributed by atoms with van der Waals surface area (Å²) in [4.78, 5) is 2.61. The van der Waals surface area contributed by atoms with Gasteiger partial charge in [-0.1, -0.05) is 32.3 Å². The number of hydrogen-bond acceptors (Lipinski definition) is 2. The van der Waals surface area contributed by atoms with Crippen molar-refractivity contribution in [3.63, 3.8) is 0 Å². The number of likely N-dealkylation sites (N-methyl/N-ethyl adjacent to an activating group) is 1. The zero-order valence-corrected chi connectivity index (χ0v) is 15.3. The van der Waals surface area contributed by atoms with Crippen molar-refractivity contribution in [2.75, 3.05) is 13.1 Å². The lowest BCUT2D eigenvalue weighted by atomic mass is 9.92. The third-order valence-corrected chi connectivity index (χ3v) is 6.24. The van der Waals surface area contributed by atoms with E-state index in [0.29, 0.717) is 18.6 Å². The van der Waals surface area contributed by atoms with Crippen LogP contribution in [0.25, 0.3) is 0 Å². The fourth-order valence-electron chi connectivity index (χ4n) is 3.33. The molecule has 1 saturated carbocycles. The molecule has 0 heterocycles. The molecule has 1 aromatic carbocycles. The van der Waals surface area contributed by atoms with Gasteiger partial charge in [0.2, 0.25) is 0 Å². The normalized spacial score (nSPS) is 18.4. The first-order chi connectivity index (χ1) is 9.67. The van der Waals surface area contributed by atoms with Crippen LogP contribution in [0.1, 0.15) is 50.6 Å². The molecular formula is C16H24Br2N2. The van der Waals surface area contributed by atoms with E-state index in [9.17, 15) is 0 Å². The van der Waals surface area contributed by atoms with E-state index in [4.69, 9.17) is 5.73 Å². The second-order valence-corrected chi connectivity index (χ2v) is 7.26. The second-order valence-electron chi connectivity index (χ2n) is 5.55. The van der Waals surface area contributed by atoms with Crippen LogP contribution < -0.4 is 5.73 Å². The lowest BCUT2D eigenvalue weighted by Gasteiger charge is -2.39. The van der Waals surface area contributed by atoms with E-state index in [1.54, 1.807) is 0 Å². The number of benzene rings is 1. The number of nitrogens with two attached hydrogens (primary N) is 1. The molecule has 0 spiro atoms. The standard InChI is InChI=1S/C16H24Br2N2/c1-2-20(13-6-4-3-5-7-13)16(11-19)12-8-9-14(17)15(18)10-12/h8-10,13,16H,2-7,11,19H2,1H3. The zero-order valence-electron chi connectivity index (χ0n) is 12.1. The number of rotatable bonds is 5. The summed E-state index contributed by atoms with van der Waals surface area (Å²) in [5, 5.41) is 0. The predicted molar refractivity (Wildman–Crippen MR) is 92.9 cm³/mol. The molecular weight excluding hydrogens is 380 g/mol. The van der Waals surface area contributed by atoms with Crippen molar-refractivity contribution in [3.05, 3.63) is 32.7 Å². The first-order valence-electron chi connectivity index (χ1n) is 7.58. The molecule has 1 aliphatic carbocycles. The van der Waals surface area contributed by atoms with Gasteiger partial charge < -0.3 is 5.73 Å². The van der Waals surface area contributed by atoms with Gasteiger partial charge in [-0.2, -0.15) is 0 Å². The highest BCUT2D eigenvalue weighted by molar-refractivity contribution is 9.13. The highest BCUT2D eigenvalue weighted by atomic mass is 79.9. The minimum atomic E-state index is 0.326. The van der Waals surface area contributed by atoms with E-state index < -0.39 is 0 Å². The summed E-state index contributed by atoms with van der Waals surface area (Å²) in [6.45, 7) is 4.00. The predicted octanol–water partition coefficient (Wildman–Crippen LogP) is 4.87. The van der Waals surface area contributed by atoms with Crippen LogP contribution in [0, 0.1) is 0 Å². The van der Waals surface area contributed by atoms with E-state index in [0.717, 1.165) is 15.5 Å². The molecule has 1 aliphatic rings. The summed E-state index contributed by atoms with van der Waals surface area (Å²) in [5.41, 5.74) is 7.42. The van der Waals surface area contributed by atoms with Crippen LogP contribution in [0.2, 0.25) is 0 Å². The molecule has 112 valence electrons. The van der Waals surface area contributed by atoms with E-state index in [2.05, 4.69) is 61.9 Å². The van der Waals surface area contributed by atoms with E-state index in [1.807, 2.05) is 0 Å². The molecule has 2 N–H and O–H groups in total. The lowest BCUT2D eigenvalue weighted by Crippen LogP contribution is -2.42. The van der Waals surface area contributed by atoms with Crippen LogP contribution in [0.15, 0.2) is 27.1 Å². The molecule has 0 amide bonds. The molecule has 1 unspecified atom stereocenters. The molecule has 1 aromatic rings. The van der Waals surface area contributed by atoms with Crippen molar-refractivity contribution >= 4 is 31.9 Å². The van der Waals surface area contributed by atoms with Crippen LogP contribution in [-0.4, -0.2) is 24.0 Å². The molecule has 20 heavy (non-hydrogen) atoms. The Morgan fingerprint density at radius 1 is 1.20 bits per heavy atom. The van der Waals surface area contributed by atoms with Crippen LogP contribution in [0.4, 0.5) is 0 Å². The molecule has 1 atom stereocenters. The Bertz CT molecular complexity index is 430. The molecule has 0 radical (unpaired) electrons. The summed E-state index contributed by atoms with van der Waals surface area (Å²) in [7, 11) is 0. The first-order valence-corrected chi connectivity index (χ1v) is 9.16. The van der Waals surface area contributed by atoms with Gasteiger partial charge in [0, 0.05) is 27.6 Å². The average molecular weight is 404 g/mol. The number of halogens is 2. The molecule has 2 nitrogen and oxygen atoms in total. The Morgan fingerprint density at radius 2 is 1.90 bits per heavy atom. The van der Waals surface area contributed by atoms with Gasteiger partial charge >= 0.3 is 0 Å². The van der Waals surface area contributed by atoms with Crippen molar-refractivity contribution in [3.8, 4) is 0 Å². The maximum atomic E-state index is 6.11. The van der Waals surface area contributed by atoms with Crippen LogP contribution in [-0.2, 0) is 0 Å². The van der Waals surface area contributed by atoms with Crippen molar-refractivity contribution < 1.29 is 0 Å². The molecule has 0 bridgehead atoms. The number of hydrogen-bond donors (Lipinski definition) is 1. The summed E-state index contributed by atoms with van der Waals surface area (Å²) in [5.74, 6) is 0. The van der Waals surface area contributed by atoms with Gasteiger partial charge in [-0.15, -0.1) is 0 Å². The van der Waals surface area contributed by atoms with Crippen LogP contribution in [0.3, 0.4) is 0 Å². The lowest BCUT2D eigenvalue weighted by molar-refractivity contribution is 0.114. The molecule has 2 rings (SSSR count). The van der Waals surface area contributed by atoms with Gasteiger partial charge in [-0.3, -0.25) is 4.90 Å². The molecule has 0 aromatic heterocycles. The minimum Gasteiger partial charge on any atom is -0.329 e. The molecule has 0 aliphatic heterocycles. The second kappa shape index (κ2) is 7.92. The van der Waals surface area contributed by atoms with Crippen molar-refractivity contribution in [1.29, 1.82) is 0 Å². The third kappa shape index (κ3) is 3.85. The van der Waals surface area contributed by atoms with Crippen molar-refractivity contribution in [2.45, 2.75) is 51.1 Å². The molecule has 0 saturated heterocycles. The van der Waals surface area contributed by atoms with Crippen LogP contribution >= 0.6 is 31.9 Å². The fourth-order valence-corrected chi connectivity index (χ4v) is 3.97. The van der Waals surface area contributed by atoms with Crippen LogP contribution in [0.5, 0.6) is 0 Å². The quantitative estimate of drug-likeness (QED) is 0.759. The highest BCUT2D eigenvalue weighted by Crippen LogP contribution is 2.32. The third-order valence-electron chi connectivity index (χ3n) is 4.36. The maximum absolute atomic E-state index is 6.11. The summed E-state index contributed by atoms with van der Waals surface area (Å²) in [6, 6.07) is 7.53. The Morgan fingerprint density at radius 3 is 2.45 bits per heavy atom. The monoisotopic (exact) mass is 402 g/mol. The summed E-state index contributed by atoms with van der Waals surface area (Å²) < 4.78 is 2.20. The van der Waals surface area contributed by atoms with E-state index >= 15 is 0 Å². The average Bonchev–Trinajstić information content (AvgIpc) is 2.48. The van der Waals surface area contributed by atoms with Gasteiger partial charge in [0.05, 0.1) is 0 Å². The van der Waals surface area contributed by atoms with Crippen molar-refractivity contribution in [2.24, 2.45) is 5.73 Å². The minimum absolute atomic E-state index is 0.326. The summed E-state index contributed by atoms with van der Waals surface area (Å²) >= 11 is 7.14. The van der Waals surface area contributed by atoms with E-state index in [1.165, 1.54) is 37.7 Å². The fraction of sp³-hybridized carbons (Fsp3) is 0.625. The largest absolute Gasteiger partial charge is 0.329 e. The van der Waals surface area contributed by atoms with Gasteiger partial charge in [0.1, 0.15) is 0 Å². The Hall–Kier alpha value is 0.1000. The zero-order chi connectivity index (χ0) is 14.5. The molecule has 1 fully saturated rings. The molecule has 4 heteroatoms. The Kier molecular flexibility index (Phi) is 6.53. The van der Waals surface area contributed by atoms with Gasteiger partial charge in [0.15, 0.2) is 0 Å². The maximum Gasteiger partial charge on any atom is 0.0473 e. The summed E-state index contributed by atoms with van der Waals surface area (Å²) in [6.07, 6.45) is 6.76. The highest BCUT2D eigenvalue weighted by Gasteiger charge is 2.26. The van der Waals surface area contributed by atoms with E-state index in [-0.39, 0.29) is 0 Å². The topological polar surface area (TPSA) is 29.3 Å². The van der Waals surface area contributed by atoms with Gasteiger partial charge in [0.25, 0.3) is 0 Å².